The summed E-state index contributed by atoms with van der Waals surface area (Å²) < 4.78 is 6.34. The fourth-order valence-corrected chi connectivity index (χ4v) is 5.14. The maximum Gasteiger partial charge on any atom is 0.310 e. The molecule has 0 spiro atoms. The first-order chi connectivity index (χ1) is 15.4. The largest absolute Gasteiger partial charge is 0.466 e. The summed E-state index contributed by atoms with van der Waals surface area (Å²) in [4.78, 5) is 31.7. The molecular formula is C25H29N3O3S. The zero-order valence-corrected chi connectivity index (χ0v) is 19.6. The zero-order chi connectivity index (χ0) is 22.7. The number of hydrogen-bond acceptors (Lipinski definition) is 6. The van der Waals surface area contributed by atoms with Gasteiger partial charge in [0.25, 0.3) is 0 Å². The summed E-state index contributed by atoms with van der Waals surface area (Å²) in [5.74, 6) is -0.390. The molecule has 1 aliphatic rings. The first kappa shape index (κ1) is 22.4. The molecule has 6 nitrogen and oxygen atoms in total. The first-order valence-electron chi connectivity index (χ1n) is 11.1. The minimum absolute atomic E-state index is 0.0716. The quantitative estimate of drug-likeness (QED) is 0.541. The third-order valence-corrected chi connectivity index (χ3v) is 7.01. The fraction of sp³-hybridized carbons (Fsp3) is 0.400. The number of carbonyl (C=O) groups excluding carboxylic acids is 2. The van der Waals surface area contributed by atoms with E-state index in [1.54, 1.807) is 11.3 Å². The van der Waals surface area contributed by atoms with Crippen molar-refractivity contribution < 1.29 is 14.3 Å². The van der Waals surface area contributed by atoms with Gasteiger partial charge in [0.1, 0.15) is 5.01 Å². The van der Waals surface area contributed by atoms with Crippen LogP contribution in [0.5, 0.6) is 0 Å². The van der Waals surface area contributed by atoms with Crippen LogP contribution < -0.4 is 5.32 Å². The standard InChI is InChI=1S/C25H29N3O3S/c1-4-31-25(30)19-6-5-13-28(15-19)17(3)23(29)26-20-10-8-18(9-11-20)24-27-21-12-7-16(2)14-22(21)32-24/h7-12,14,17,19H,4-6,13,15H2,1-3H3,(H,26,29). The van der Waals surface area contributed by atoms with Gasteiger partial charge in [-0.3, -0.25) is 14.5 Å². The lowest BCUT2D eigenvalue weighted by atomic mass is 9.97. The molecule has 0 bridgehead atoms. The lowest BCUT2D eigenvalue weighted by Gasteiger charge is -2.35. The summed E-state index contributed by atoms with van der Waals surface area (Å²) >= 11 is 1.67. The molecule has 1 fully saturated rings. The highest BCUT2D eigenvalue weighted by atomic mass is 32.1. The van der Waals surface area contributed by atoms with Crippen LogP contribution in [0.25, 0.3) is 20.8 Å². The molecule has 32 heavy (non-hydrogen) atoms. The summed E-state index contributed by atoms with van der Waals surface area (Å²) in [6.45, 7) is 7.54. The summed E-state index contributed by atoms with van der Waals surface area (Å²) in [5.41, 5.74) is 4.01. The molecule has 0 aliphatic carbocycles. The number of fused-ring (bicyclic) bond motifs is 1. The Morgan fingerprint density at radius 3 is 2.78 bits per heavy atom. The van der Waals surface area contributed by atoms with Gasteiger partial charge >= 0.3 is 5.97 Å². The van der Waals surface area contributed by atoms with Gasteiger partial charge in [-0.05, 0) is 82.1 Å². The number of rotatable bonds is 6. The highest BCUT2D eigenvalue weighted by Crippen LogP contribution is 2.31. The van der Waals surface area contributed by atoms with Crippen LogP contribution in [0.15, 0.2) is 42.5 Å². The Morgan fingerprint density at radius 1 is 1.25 bits per heavy atom. The predicted octanol–water partition coefficient (Wildman–Crippen LogP) is 4.87. The van der Waals surface area contributed by atoms with Crippen molar-refractivity contribution in [2.45, 2.75) is 39.7 Å². The Labute approximate surface area is 192 Å². The van der Waals surface area contributed by atoms with Gasteiger partial charge in [0, 0.05) is 17.8 Å². The Hall–Kier alpha value is -2.77. The fourth-order valence-electron chi connectivity index (χ4n) is 4.07. The summed E-state index contributed by atoms with van der Waals surface area (Å²) in [7, 11) is 0. The molecule has 2 unspecified atom stereocenters. The van der Waals surface area contributed by atoms with Gasteiger partial charge in [-0.2, -0.15) is 0 Å². The van der Waals surface area contributed by atoms with Crippen molar-refractivity contribution in [1.29, 1.82) is 0 Å². The van der Waals surface area contributed by atoms with Gasteiger partial charge in [0.15, 0.2) is 0 Å². The predicted molar refractivity (Wildman–Crippen MR) is 129 cm³/mol. The summed E-state index contributed by atoms with van der Waals surface area (Å²) in [6.07, 6.45) is 1.70. The lowest BCUT2D eigenvalue weighted by Crippen LogP contribution is -2.48. The third-order valence-electron chi connectivity index (χ3n) is 5.94. The van der Waals surface area contributed by atoms with E-state index in [2.05, 4.69) is 29.3 Å². The molecule has 1 N–H and O–H groups in total. The van der Waals surface area contributed by atoms with Crippen molar-refractivity contribution in [3.63, 3.8) is 0 Å². The van der Waals surface area contributed by atoms with E-state index in [0.717, 1.165) is 41.2 Å². The highest BCUT2D eigenvalue weighted by molar-refractivity contribution is 7.21. The van der Waals surface area contributed by atoms with Crippen LogP contribution in [-0.2, 0) is 14.3 Å². The maximum absolute atomic E-state index is 12.8. The monoisotopic (exact) mass is 451 g/mol. The van der Waals surface area contributed by atoms with Crippen LogP contribution in [0.3, 0.4) is 0 Å². The number of benzene rings is 2. The van der Waals surface area contributed by atoms with Crippen molar-refractivity contribution >= 4 is 39.1 Å². The van der Waals surface area contributed by atoms with E-state index >= 15 is 0 Å². The van der Waals surface area contributed by atoms with Crippen molar-refractivity contribution in [2.24, 2.45) is 5.92 Å². The molecule has 2 heterocycles. The smallest absolute Gasteiger partial charge is 0.310 e. The molecule has 1 amide bonds. The number of likely N-dealkylation sites (tertiary alicyclic amines) is 1. The Balaban J connectivity index is 1.39. The van der Waals surface area contributed by atoms with E-state index < -0.39 is 0 Å². The molecular weight excluding hydrogens is 422 g/mol. The number of carbonyl (C=O) groups is 2. The second kappa shape index (κ2) is 9.79. The minimum atomic E-state index is -0.320. The molecule has 1 aliphatic heterocycles. The number of anilines is 1. The van der Waals surface area contributed by atoms with E-state index in [-0.39, 0.29) is 23.8 Å². The van der Waals surface area contributed by atoms with Gasteiger partial charge < -0.3 is 10.1 Å². The van der Waals surface area contributed by atoms with E-state index in [1.165, 1.54) is 10.3 Å². The lowest BCUT2D eigenvalue weighted by molar-refractivity contribution is -0.150. The number of nitrogens with one attached hydrogen (secondary N) is 1. The summed E-state index contributed by atoms with van der Waals surface area (Å²) in [5, 5.41) is 3.97. The number of nitrogens with zero attached hydrogens (tertiary/aromatic N) is 2. The first-order valence-corrected chi connectivity index (χ1v) is 12.0. The topological polar surface area (TPSA) is 71.5 Å². The van der Waals surface area contributed by atoms with Crippen LogP contribution in [0.1, 0.15) is 32.3 Å². The third kappa shape index (κ3) is 5.00. The molecule has 2 atom stereocenters. The van der Waals surface area contributed by atoms with Gasteiger partial charge in [0.05, 0.1) is 28.8 Å². The molecule has 4 rings (SSSR count). The van der Waals surface area contributed by atoms with Crippen molar-refractivity contribution in [2.75, 3.05) is 25.0 Å². The number of thiazole rings is 1. The highest BCUT2D eigenvalue weighted by Gasteiger charge is 2.31. The molecule has 2 aromatic carbocycles. The van der Waals surface area contributed by atoms with E-state index in [1.807, 2.05) is 44.2 Å². The normalized spacial score (nSPS) is 17.8. The molecule has 0 saturated carbocycles. The van der Waals surface area contributed by atoms with Crippen LogP contribution in [-0.4, -0.2) is 47.5 Å². The summed E-state index contributed by atoms with van der Waals surface area (Å²) in [6, 6.07) is 13.8. The van der Waals surface area contributed by atoms with Crippen LogP contribution >= 0.6 is 11.3 Å². The molecule has 1 aromatic heterocycles. The van der Waals surface area contributed by atoms with Crippen molar-refractivity contribution in [1.82, 2.24) is 9.88 Å². The molecule has 1 saturated heterocycles. The SMILES string of the molecule is CCOC(=O)C1CCCN(C(C)C(=O)Nc2ccc(-c3nc4ccc(C)cc4s3)cc2)C1. The van der Waals surface area contributed by atoms with Crippen LogP contribution in [0.2, 0.25) is 0 Å². The average molecular weight is 452 g/mol. The number of aromatic nitrogens is 1. The molecule has 168 valence electrons. The molecule has 3 aromatic rings. The van der Waals surface area contributed by atoms with E-state index in [0.29, 0.717) is 13.2 Å². The number of esters is 1. The van der Waals surface area contributed by atoms with Crippen LogP contribution in [0.4, 0.5) is 5.69 Å². The average Bonchev–Trinajstić information content (AvgIpc) is 3.22. The number of hydrogen-bond donors (Lipinski definition) is 1. The number of piperidine rings is 1. The number of ether oxygens (including phenoxy) is 1. The Kier molecular flexibility index (Phi) is 6.86. The second-order valence-electron chi connectivity index (χ2n) is 8.32. The maximum atomic E-state index is 12.8. The zero-order valence-electron chi connectivity index (χ0n) is 18.8. The Bertz CT molecular complexity index is 1110. The Morgan fingerprint density at radius 2 is 2.03 bits per heavy atom. The van der Waals surface area contributed by atoms with Crippen LogP contribution in [0, 0.1) is 12.8 Å². The molecule has 0 radical (unpaired) electrons. The van der Waals surface area contributed by atoms with Gasteiger partial charge in [-0.25, -0.2) is 4.98 Å². The van der Waals surface area contributed by atoms with E-state index in [9.17, 15) is 9.59 Å². The second-order valence-corrected chi connectivity index (χ2v) is 9.35. The van der Waals surface area contributed by atoms with Gasteiger partial charge in [-0.1, -0.05) is 6.07 Å². The van der Waals surface area contributed by atoms with E-state index in [4.69, 9.17) is 9.72 Å². The van der Waals surface area contributed by atoms with Gasteiger partial charge in [-0.15, -0.1) is 11.3 Å². The van der Waals surface area contributed by atoms with Crippen molar-refractivity contribution in [3.8, 4) is 10.6 Å². The number of aryl methyl sites for hydroxylation is 1. The van der Waals surface area contributed by atoms with Crippen molar-refractivity contribution in [3.05, 3.63) is 48.0 Å². The molecule has 7 heteroatoms. The minimum Gasteiger partial charge on any atom is -0.466 e. The number of amides is 1. The van der Waals surface area contributed by atoms with Gasteiger partial charge in [0.2, 0.25) is 5.91 Å².